The minimum absolute atomic E-state index is 0.177. The van der Waals surface area contributed by atoms with Crippen molar-refractivity contribution < 1.29 is 19.0 Å². The number of ether oxygens (including phenoxy) is 1. The van der Waals surface area contributed by atoms with Gasteiger partial charge in [0.25, 0.3) is 5.91 Å². The largest absolute Gasteiger partial charge is 0.494 e. The summed E-state index contributed by atoms with van der Waals surface area (Å²) < 4.78 is 21.1. The number of aliphatic hydroxyl groups is 1. The molecule has 1 aliphatic rings. The predicted octanol–water partition coefficient (Wildman–Crippen LogP) is 3.44. The van der Waals surface area contributed by atoms with E-state index in [9.17, 15) is 14.3 Å². The highest BCUT2D eigenvalue weighted by Crippen LogP contribution is 2.29. The first-order valence-corrected chi connectivity index (χ1v) is 12.1. The number of hydrogen-bond acceptors (Lipinski definition) is 7. The zero-order chi connectivity index (χ0) is 26.0. The van der Waals surface area contributed by atoms with E-state index in [1.807, 2.05) is 17.4 Å². The Balaban J connectivity index is 1.33. The maximum atomic E-state index is 14.3. The standard InChI is InChI=1S/C27H29FN6O3/c1-17-13-19(4-5-20(17)26(35)32-16-27(36)7-9-29-10-8-27)33-24-25-31-15-22(34(25)12-11-30-24)18-3-6-23(37-2)21(28)14-18/h3-6,11-15,29,36H,7-10,16H2,1-2H3,(H,30,33)(H,32,35). The molecule has 5 rings (SSSR count). The second-order valence-corrected chi connectivity index (χ2v) is 9.27. The van der Waals surface area contributed by atoms with Crippen molar-refractivity contribution in [3.8, 4) is 17.0 Å². The fourth-order valence-electron chi connectivity index (χ4n) is 4.59. The molecule has 0 unspecified atom stereocenters. The van der Waals surface area contributed by atoms with Crippen LogP contribution in [0.25, 0.3) is 16.9 Å². The average molecular weight is 505 g/mol. The molecular weight excluding hydrogens is 475 g/mol. The lowest BCUT2D eigenvalue weighted by atomic mass is 9.92. The predicted molar refractivity (Wildman–Crippen MR) is 139 cm³/mol. The zero-order valence-corrected chi connectivity index (χ0v) is 20.7. The molecule has 37 heavy (non-hydrogen) atoms. The van der Waals surface area contributed by atoms with Gasteiger partial charge in [-0.15, -0.1) is 0 Å². The van der Waals surface area contributed by atoms with E-state index in [-0.39, 0.29) is 18.2 Å². The molecule has 1 saturated heterocycles. The first kappa shape index (κ1) is 24.7. The maximum absolute atomic E-state index is 14.3. The molecular formula is C27H29FN6O3. The highest BCUT2D eigenvalue weighted by Gasteiger charge is 2.29. The number of carbonyl (C=O) groups is 1. The summed E-state index contributed by atoms with van der Waals surface area (Å²) in [6.45, 7) is 3.56. The molecule has 10 heteroatoms. The number of amides is 1. The number of piperidine rings is 1. The molecule has 0 aliphatic carbocycles. The molecule has 0 radical (unpaired) electrons. The number of rotatable bonds is 7. The van der Waals surface area contributed by atoms with Gasteiger partial charge in [0.15, 0.2) is 23.0 Å². The van der Waals surface area contributed by atoms with Gasteiger partial charge in [-0.05, 0) is 74.8 Å². The Labute approximate surface area is 213 Å². The minimum Gasteiger partial charge on any atom is -0.494 e. The van der Waals surface area contributed by atoms with Gasteiger partial charge in [-0.25, -0.2) is 14.4 Å². The highest BCUT2D eigenvalue weighted by atomic mass is 19.1. The first-order chi connectivity index (χ1) is 17.9. The van der Waals surface area contributed by atoms with Gasteiger partial charge in [0.05, 0.1) is 24.6 Å². The molecule has 3 heterocycles. The topological polar surface area (TPSA) is 113 Å². The number of methoxy groups -OCH3 is 1. The van der Waals surface area contributed by atoms with E-state index in [0.29, 0.717) is 41.1 Å². The third-order valence-electron chi connectivity index (χ3n) is 6.72. The van der Waals surface area contributed by atoms with Gasteiger partial charge in [-0.3, -0.25) is 9.20 Å². The van der Waals surface area contributed by atoms with E-state index < -0.39 is 11.4 Å². The molecule has 192 valence electrons. The molecule has 1 fully saturated rings. The second kappa shape index (κ2) is 10.2. The summed E-state index contributed by atoms with van der Waals surface area (Å²) in [4.78, 5) is 21.7. The fraction of sp³-hybridized carbons (Fsp3) is 0.296. The van der Waals surface area contributed by atoms with Crippen molar-refractivity contribution in [1.82, 2.24) is 25.0 Å². The van der Waals surface area contributed by atoms with Gasteiger partial charge in [-0.1, -0.05) is 0 Å². The normalized spacial score (nSPS) is 14.9. The van der Waals surface area contributed by atoms with Gasteiger partial charge in [0, 0.05) is 35.8 Å². The van der Waals surface area contributed by atoms with E-state index >= 15 is 0 Å². The number of hydrogen-bond donors (Lipinski definition) is 4. The number of carbonyl (C=O) groups excluding carboxylic acids is 1. The van der Waals surface area contributed by atoms with Gasteiger partial charge >= 0.3 is 0 Å². The highest BCUT2D eigenvalue weighted by molar-refractivity contribution is 5.96. The van der Waals surface area contributed by atoms with Crippen LogP contribution >= 0.6 is 0 Å². The number of aryl methyl sites for hydroxylation is 1. The van der Waals surface area contributed by atoms with Crippen molar-refractivity contribution in [2.24, 2.45) is 0 Å². The Morgan fingerprint density at radius 3 is 2.76 bits per heavy atom. The van der Waals surface area contributed by atoms with Crippen molar-refractivity contribution in [3.05, 3.63) is 71.9 Å². The van der Waals surface area contributed by atoms with Crippen molar-refractivity contribution >= 4 is 23.1 Å². The van der Waals surface area contributed by atoms with Gasteiger partial charge in [0.1, 0.15) is 0 Å². The third-order valence-corrected chi connectivity index (χ3v) is 6.72. The van der Waals surface area contributed by atoms with Gasteiger partial charge in [-0.2, -0.15) is 0 Å². The lowest BCUT2D eigenvalue weighted by Crippen LogP contribution is -2.49. The summed E-state index contributed by atoms with van der Waals surface area (Å²) in [7, 11) is 1.43. The zero-order valence-electron chi connectivity index (χ0n) is 20.7. The fourth-order valence-corrected chi connectivity index (χ4v) is 4.59. The van der Waals surface area contributed by atoms with Crippen LogP contribution < -0.4 is 20.7 Å². The Morgan fingerprint density at radius 1 is 1.22 bits per heavy atom. The van der Waals surface area contributed by atoms with Crippen LogP contribution in [0, 0.1) is 12.7 Å². The Hall–Kier alpha value is -4.02. The lowest BCUT2D eigenvalue weighted by Gasteiger charge is -2.32. The molecule has 2 aromatic heterocycles. The van der Waals surface area contributed by atoms with E-state index in [4.69, 9.17) is 4.74 Å². The summed E-state index contributed by atoms with van der Waals surface area (Å²) in [5, 5.41) is 20.0. The summed E-state index contributed by atoms with van der Waals surface area (Å²) in [6.07, 6.45) is 6.28. The van der Waals surface area contributed by atoms with E-state index in [1.54, 1.807) is 42.9 Å². The minimum atomic E-state index is -0.874. The van der Waals surface area contributed by atoms with E-state index in [0.717, 1.165) is 24.3 Å². The van der Waals surface area contributed by atoms with Gasteiger partial charge < -0.3 is 25.8 Å². The van der Waals surface area contributed by atoms with Crippen LogP contribution in [0.5, 0.6) is 5.75 Å². The van der Waals surface area contributed by atoms with Crippen molar-refractivity contribution in [2.45, 2.75) is 25.4 Å². The Bertz CT molecular complexity index is 1450. The first-order valence-electron chi connectivity index (χ1n) is 12.1. The molecule has 2 aromatic carbocycles. The number of halogens is 1. The Morgan fingerprint density at radius 2 is 2.03 bits per heavy atom. The molecule has 4 aromatic rings. The van der Waals surface area contributed by atoms with Crippen LogP contribution in [0.1, 0.15) is 28.8 Å². The number of fused-ring (bicyclic) bond motifs is 1. The maximum Gasteiger partial charge on any atom is 0.251 e. The summed E-state index contributed by atoms with van der Waals surface area (Å²) in [5.41, 5.74) is 3.13. The van der Waals surface area contributed by atoms with Crippen molar-refractivity contribution in [1.29, 1.82) is 0 Å². The molecule has 4 N–H and O–H groups in total. The van der Waals surface area contributed by atoms with Gasteiger partial charge in [0.2, 0.25) is 0 Å². The van der Waals surface area contributed by atoms with Crippen LogP contribution in [0.3, 0.4) is 0 Å². The molecule has 0 bridgehead atoms. The molecule has 9 nitrogen and oxygen atoms in total. The average Bonchev–Trinajstić information content (AvgIpc) is 3.33. The monoisotopic (exact) mass is 504 g/mol. The molecule has 1 amide bonds. The van der Waals surface area contributed by atoms with Crippen molar-refractivity contribution in [3.63, 3.8) is 0 Å². The number of benzene rings is 2. The number of anilines is 2. The lowest BCUT2D eigenvalue weighted by molar-refractivity contribution is 0.0112. The van der Waals surface area contributed by atoms with E-state index in [1.165, 1.54) is 13.2 Å². The molecule has 0 spiro atoms. The summed E-state index contributed by atoms with van der Waals surface area (Å²) in [6, 6.07) is 10.2. The smallest absolute Gasteiger partial charge is 0.251 e. The molecule has 0 saturated carbocycles. The van der Waals surface area contributed by atoms with Crippen LogP contribution in [-0.4, -0.2) is 57.7 Å². The van der Waals surface area contributed by atoms with Crippen molar-refractivity contribution in [2.75, 3.05) is 32.1 Å². The van der Waals surface area contributed by atoms with Crippen LogP contribution in [0.15, 0.2) is 55.0 Å². The number of nitrogens with zero attached hydrogens (tertiary/aromatic N) is 3. The third kappa shape index (κ3) is 5.11. The molecule has 1 aliphatic heterocycles. The van der Waals surface area contributed by atoms with E-state index in [2.05, 4.69) is 25.9 Å². The number of nitrogens with one attached hydrogen (secondary N) is 3. The molecule has 0 atom stereocenters. The quantitative estimate of drug-likeness (QED) is 0.305. The second-order valence-electron chi connectivity index (χ2n) is 9.27. The van der Waals surface area contributed by atoms with Crippen LogP contribution in [0.4, 0.5) is 15.9 Å². The van der Waals surface area contributed by atoms with Crippen LogP contribution in [0.2, 0.25) is 0 Å². The van der Waals surface area contributed by atoms with Crippen LogP contribution in [-0.2, 0) is 0 Å². The number of imidazole rings is 1. The summed E-state index contributed by atoms with van der Waals surface area (Å²) in [5.74, 6) is 0.0245. The number of aromatic nitrogens is 3. The SMILES string of the molecule is COc1ccc(-c2cnc3c(Nc4ccc(C(=O)NCC5(O)CCNCC5)c(C)c4)nccn23)cc1F. The Kier molecular flexibility index (Phi) is 6.77. The summed E-state index contributed by atoms with van der Waals surface area (Å²) >= 11 is 0.